The fraction of sp³-hybridized carbons (Fsp3) is 0.192. The average Bonchev–Trinajstić information content (AvgIpc) is 3.33. The van der Waals surface area contributed by atoms with E-state index in [1.165, 1.54) is 25.3 Å². The lowest BCUT2D eigenvalue weighted by Gasteiger charge is -2.14. The van der Waals surface area contributed by atoms with Crippen LogP contribution in [0.1, 0.15) is 10.6 Å². The van der Waals surface area contributed by atoms with Crippen molar-refractivity contribution in [2.24, 2.45) is 0 Å². The molecule has 5 aromatic rings. The SMILES string of the molecule is COn1c(=O)c(-c2cc(NC(=O)c3nc4ccc(F)cc4[nH]3)ccc2Cl)cc2cnc(NCCN(C)C)nc21. The lowest BCUT2D eigenvalue weighted by atomic mass is 10.1. The minimum absolute atomic E-state index is 0.00619. The van der Waals surface area contributed by atoms with Gasteiger partial charge < -0.3 is 25.4 Å². The molecule has 0 radical (unpaired) electrons. The lowest BCUT2D eigenvalue weighted by molar-refractivity contribution is 0.101. The number of amides is 1. The molecular formula is C26H24ClFN8O3. The fourth-order valence-electron chi connectivity index (χ4n) is 4.00. The molecule has 3 heterocycles. The van der Waals surface area contributed by atoms with Gasteiger partial charge in [0.05, 0.1) is 16.6 Å². The Balaban J connectivity index is 1.47. The number of benzene rings is 2. The molecule has 0 aliphatic rings. The highest BCUT2D eigenvalue weighted by Crippen LogP contribution is 2.30. The van der Waals surface area contributed by atoms with Crippen LogP contribution in [-0.4, -0.2) is 69.8 Å². The molecule has 0 atom stereocenters. The highest BCUT2D eigenvalue weighted by Gasteiger charge is 2.18. The summed E-state index contributed by atoms with van der Waals surface area (Å²) in [4.78, 5) is 49.5. The number of imidazole rings is 1. The third kappa shape index (κ3) is 5.38. The molecule has 39 heavy (non-hydrogen) atoms. The van der Waals surface area contributed by atoms with Crippen LogP contribution < -0.4 is 21.0 Å². The van der Waals surface area contributed by atoms with E-state index in [9.17, 15) is 14.0 Å². The fourth-order valence-corrected chi connectivity index (χ4v) is 4.22. The van der Waals surface area contributed by atoms with Gasteiger partial charge in [0.1, 0.15) is 12.9 Å². The van der Waals surface area contributed by atoms with Crippen LogP contribution in [-0.2, 0) is 0 Å². The van der Waals surface area contributed by atoms with Gasteiger partial charge in [0.2, 0.25) is 5.95 Å². The lowest BCUT2D eigenvalue weighted by Crippen LogP contribution is -2.28. The molecule has 0 bridgehead atoms. The highest BCUT2D eigenvalue weighted by atomic mass is 35.5. The van der Waals surface area contributed by atoms with Gasteiger partial charge >= 0.3 is 0 Å². The number of aromatic nitrogens is 5. The van der Waals surface area contributed by atoms with E-state index in [1.54, 1.807) is 30.5 Å². The number of H-pyrrole nitrogens is 1. The van der Waals surface area contributed by atoms with Gasteiger partial charge in [-0.05, 0) is 56.6 Å². The number of carbonyl (C=O) groups is 1. The van der Waals surface area contributed by atoms with Crippen LogP contribution in [0.3, 0.4) is 0 Å². The van der Waals surface area contributed by atoms with Gasteiger partial charge in [-0.2, -0.15) is 4.98 Å². The predicted octanol–water partition coefficient (Wildman–Crippen LogP) is 3.41. The molecule has 0 saturated carbocycles. The Labute approximate surface area is 226 Å². The number of fused-ring (bicyclic) bond motifs is 2. The molecule has 0 aliphatic carbocycles. The van der Waals surface area contributed by atoms with Crippen LogP contribution >= 0.6 is 11.6 Å². The Bertz CT molecular complexity index is 1770. The van der Waals surface area contributed by atoms with E-state index in [0.717, 1.165) is 11.3 Å². The van der Waals surface area contributed by atoms with E-state index in [2.05, 4.69) is 30.6 Å². The topological polar surface area (TPSA) is 130 Å². The van der Waals surface area contributed by atoms with Gasteiger partial charge in [-0.1, -0.05) is 11.6 Å². The summed E-state index contributed by atoms with van der Waals surface area (Å²) in [6, 6.07) is 10.4. The number of hydrogen-bond acceptors (Lipinski definition) is 8. The smallest absolute Gasteiger partial charge is 0.293 e. The standard InChI is InChI=1S/C26H24ClFN8O3/c1-35(2)9-8-29-26-30-13-14-10-18(25(38)36(39-3)23(14)34-26)17-12-16(5-6-19(17)27)31-24(37)22-32-20-7-4-15(28)11-21(20)33-22/h4-7,10-13H,8-9H2,1-3H3,(H,31,37)(H,32,33)(H,29,30,34). The first kappa shape index (κ1) is 26.1. The van der Waals surface area contributed by atoms with Crippen molar-refractivity contribution in [1.29, 1.82) is 0 Å². The second-order valence-electron chi connectivity index (χ2n) is 8.94. The molecule has 0 saturated heterocycles. The second kappa shape index (κ2) is 10.7. The summed E-state index contributed by atoms with van der Waals surface area (Å²) in [6.45, 7) is 1.39. The van der Waals surface area contributed by atoms with E-state index in [0.29, 0.717) is 40.2 Å². The van der Waals surface area contributed by atoms with Crippen LogP contribution in [0.15, 0.2) is 53.5 Å². The van der Waals surface area contributed by atoms with E-state index >= 15 is 0 Å². The molecule has 3 aromatic heterocycles. The van der Waals surface area contributed by atoms with Crippen molar-refractivity contribution in [3.63, 3.8) is 0 Å². The van der Waals surface area contributed by atoms with Gasteiger partial charge in [0, 0.05) is 40.9 Å². The van der Waals surface area contributed by atoms with Crippen molar-refractivity contribution in [2.45, 2.75) is 0 Å². The van der Waals surface area contributed by atoms with Gasteiger partial charge in [0.25, 0.3) is 11.5 Å². The minimum Gasteiger partial charge on any atom is -0.412 e. The Morgan fingerprint density at radius 1 is 1.15 bits per heavy atom. The molecule has 13 heteroatoms. The Hall–Kier alpha value is -4.55. The van der Waals surface area contributed by atoms with Crippen LogP contribution in [0.5, 0.6) is 0 Å². The molecule has 0 aliphatic heterocycles. The van der Waals surface area contributed by atoms with Crippen LogP contribution in [0, 0.1) is 5.82 Å². The zero-order valence-corrected chi connectivity index (χ0v) is 22.0. The molecule has 200 valence electrons. The van der Waals surface area contributed by atoms with Crippen molar-refractivity contribution < 1.29 is 14.0 Å². The quantitative estimate of drug-likeness (QED) is 0.268. The van der Waals surface area contributed by atoms with E-state index in [4.69, 9.17) is 16.4 Å². The predicted molar refractivity (Wildman–Crippen MR) is 148 cm³/mol. The third-order valence-corrected chi connectivity index (χ3v) is 6.23. The number of nitrogens with one attached hydrogen (secondary N) is 3. The average molecular weight is 551 g/mol. The van der Waals surface area contributed by atoms with E-state index in [-0.39, 0.29) is 22.1 Å². The van der Waals surface area contributed by atoms with Gasteiger partial charge in [-0.15, -0.1) is 4.73 Å². The molecule has 2 aromatic carbocycles. The Morgan fingerprint density at radius 3 is 2.74 bits per heavy atom. The Morgan fingerprint density at radius 2 is 1.97 bits per heavy atom. The third-order valence-electron chi connectivity index (χ3n) is 5.90. The minimum atomic E-state index is -0.546. The number of rotatable bonds is 8. The summed E-state index contributed by atoms with van der Waals surface area (Å²) in [5.41, 5.74) is 1.60. The second-order valence-corrected chi connectivity index (χ2v) is 9.35. The van der Waals surface area contributed by atoms with Crippen molar-refractivity contribution in [3.05, 3.63) is 75.7 Å². The summed E-state index contributed by atoms with van der Waals surface area (Å²) in [6.07, 6.45) is 1.59. The summed E-state index contributed by atoms with van der Waals surface area (Å²) in [5.74, 6) is -0.625. The van der Waals surface area contributed by atoms with Crippen LogP contribution in [0.2, 0.25) is 5.02 Å². The number of aromatic amines is 1. The first-order valence-corrected chi connectivity index (χ1v) is 12.2. The first-order valence-electron chi connectivity index (χ1n) is 11.9. The number of pyridine rings is 1. The summed E-state index contributed by atoms with van der Waals surface area (Å²) < 4.78 is 14.6. The van der Waals surface area contributed by atoms with Gasteiger partial charge in [0.15, 0.2) is 11.5 Å². The van der Waals surface area contributed by atoms with Crippen LogP contribution in [0.4, 0.5) is 16.0 Å². The van der Waals surface area contributed by atoms with Crippen molar-refractivity contribution in [3.8, 4) is 11.1 Å². The maximum absolute atomic E-state index is 13.5. The largest absolute Gasteiger partial charge is 0.412 e. The van der Waals surface area contributed by atoms with Gasteiger partial charge in [-0.3, -0.25) is 9.59 Å². The maximum Gasteiger partial charge on any atom is 0.293 e. The molecule has 0 spiro atoms. The number of carbonyl (C=O) groups excluding carboxylic acids is 1. The first-order chi connectivity index (χ1) is 18.7. The number of anilines is 2. The van der Waals surface area contributed by atoms with Crippen molar-refractivity contribution in [2.75, 3.05) is 44.9 Å². The summed E-state index contributed by atoms with van der Waals surface area (Å²) in [5, 5.41) is 6.68. The molecular weight excluding hydrogens is 527 g/mol. The number of hydrogen-bond donors (Lipinski definition) is 3. The zero-order valence-electron chi connectivity index (χ0n) is 21.2. The monoisotopic (exact) mass is 550 g/mol. The summed E-state index contributed by atoms with van der Waals surface area (Å²) >= 11 is 6.48. The number of nitrogens with zero attached hydrogens (tertiary/aromatic N) is 5. The van der Waals surface area contributed by atoms with Crippen molar-refractivity contribution in [1.82, 2.24) is 29.6 Å². The maximum atomic E-state index is 13.5. The van der Waals surface area contributed by atoms with E-state index in [1.807, 2.05) is 19.0 Å². The Kier molecular flexibility index (Phi) is 7.13. The van der Waals surface area contributed by atoms with Gasteiger partial charge in [-0.25, -0.2) is 14.4 Å². The zero-order chi connectivity index (χ0) is 27.7. The number of likely N-dealkylation sites (N-methyl/N-ethyl adjacent to an activating group) is 1. The van der Waals surface area contributed by atoms with Crippen molar-refractivity contribution >= 4 is 51.2 Å². The molecule has 0 fully saturated rings. The molecule has 11 nitrogen and oxygen atoms in total. The normalized spacial score (nSPS) is 11.3. The summed E-state index contributed by atoms with van der Waals surface area (Å²) in [7, 11) is 5.28. The van der Waals surface area contributed by atoms with E-state index < -0.39 is 17.3 Å². The molecule has 5 rings (SSSR count). The highest BCUT2D eigenvalue weighted by molar-refractivity contribution is 6.33. The number of halogens is 2. The molecule has 0 unspecified atom stereocenters. The molecule has 1 amide bonds. The molecule has 3 N–H and O–H groups in total. The van der Waals surface area contributed by atoms with Crippen LogP contribution in [0.25, 0.3) is 33.2 Å².